The maximum absolute atomic E-state index is 12.4. The highest BCUT2D eigenvalue weighted by Crippen LogP contribution is 2.29. The van der Waals surface area contributed by atoms with Crippen molar-refractivity contribution < 1.29 is 24.0 Å². The highest BCUT2D eigenvalue weighted by atomic mass is 16.7. The Bertz CT molecular complexity index is 868. The van der Waals surface area contributed by atoms with E-state index in [4.69, 9.17) is 9.57 Å². The van der Waals surface area contributed by atoms with Gasteiger partial charge in [-0.25, -0.2) is 4.79 Å². The molecule has 0 bridgehead atoms. The summed E-state index contributed by atoms with van der Waals surface area (Å²) in [6, 6.07) is 14.0. The molecule has 1 aliphatic rings. The summed E-state index contributed by atoms with van der Waals surface area (Å²) in [5.41, 5.74) is 1.08. The maximum atomic E-state index is 12.4. The molecule has 1 aliphatic heterocycles. The molecule has 2 aromatic rings. The number of hydroxylamine groups is 2. The second-order valence-electron chi connectivity index (χ2n) is 7.28. The van der Waals surface area contributed by atoms with Gasteiger partial charge >= 0.3 is 5.97 Å². The van der Waals surface area contributed by atoms with E-state index in [-0.39, 0.29) is 17.5 Å². The van der Waals surface area contributed by atoms with Crippen molar-refractivity contribution in [1.82, 2.24) is 5.06 Å². The Kier molecular flexibility index (Phi) is 4.99. The molecule has 6 nitrogen and oxygen atoms in total. The number of nitrogens with zero attached hydrogens (tertiary/aromatic N) is 1. The number of imide groups is 1. The first-order chi connectivity index (χ1) is 12.8. The average molecular weight is 367 g/mol. The molecule has 0 aromatic heterocycles. The van der Waals surface area contributed by atoms with E-state index in [1.54, 1.807) is 19.2 Å². The summed E-state index contributed by atoms with van der Waals surface area (Å²) in [7, 11) is 1.60. The van der Waals surface area contributed by atoms with Crippen molar-refractivity contribution in [3.8, 4) is 5.75 Å². The summed E-state index contributed by atoms with van der Waals surface area (Å²) in [6.07, 6.45) is 0.666. The van der Waals surface area contributed by atoms with E-state index in [1.807, 2.05) is 38.1 Å². The van der Waals surface area contributed by atoms with E-state index in [0.717, 1.165) is 11.3 Å². The normalized spacial score (nSPS) is 13.5. The van der Waals surface area contributed by atoms with Gasteiger partial charge < -0.3 is 9.57 Å². The van der Waals surface area contributed by atoms with Crippen LogP contribution >= 0.6 is 0 Å². The lowest BCUT2D eigenvalue weighted by Crippen LogP contribution is -2.34. The van der Waals surface area contributed by atoms with E-state index < -0.39 is 23.2 Å². The summed E-state index contributed by atoms with van der Waals surface area (Å²) in [5.74, 6) is -1.11. The Morgan fingerprint density at radius 3 is 2.22 bits per heavy atom. The van der Waals surface area contributed by atoms with Crippen molar-refractivity contribution in [2.24, 2.45) is 5.41 Å². The first kappa shape index (κ1) is 18.6. The summed E-state index contributed by atoms with van der Waals surface area (Å²) in [6.45, 7) is 3.85. The predicted molar refractivity (Wildman–Crippen MR) is 98.1 cm³/mol. The molecule has 2 aromatic carbocycles. The number of hydrogen-bond acceptors (Lipinski definition) is 5. The second-order valence-corrected chi connectivity index (χ2v) is 7.28. The molecule has 0 saturated carbocycles. The van der Waals surface area contributed by atoms with Gasteiger partial charge in [-0.05, 0) is 41.7 Å². The zero-order valence-electron chi connectivity index (χ0n) is 15.5. The van der Waals surface area contributed by atoms with Crippen LogP contribution in [0.4, 0.5) is 0 Å². The summed E-state index contributed by atoms with van der Waals surface area (Å²) >= 11 is 0. The fraction of sp³-hybridized carbons (Fsp3) is 0.286. The van der Waals surface area contributed by atoms with Crippen LogP contribution in [0.5, 0.6) is 5.75 Å². The van der Waals surface area contributed by atoms with Gasteiger partial charge in [-0.1, -0.05) is 43.2 Å². The van der Waals surface area contributed by atoms with E-state index in [0.29, 0.717) is 11.5 Å². The zero-order chi connectivity index (χ0) is 19.6. The molecule has 0 saturated heterocycles. The number of hydrogen-bond donors (Lipinski definition) is 0. The molecule has 2 amide bonds. The number of carbonyl (C=O) groups excluding carboxylic acids is 3. The molecule has 0 spiro atoms. The van der Waals surface area contributed by atoms with Crippen molar-refractivity contribution in [2.75, 3.05) is 7.11 Å². The third-order valence-corrected chi connectivity index (χ3v) is 4.39. The molecule has 0 aliphatic carbocycles. The molecule has 1 heterocycles. The van der Waals surface area contributed by atoms with Crippen LogP contribution in [0.25, 0.3) is 0 Å². The lowest BCUT2D eigenvalue weighted by Gasteiger charge is -2.24. The smallest absolute Gasteiger partial charge is 0.333 e. The number of ether oxygens (including phenoxy) is 1. The molecule has 0 fully saturated rings. The minimum atomic E-state index is -0.627. The molecular weight excluding hydrogens is 346 g/mol. The number of methoxy groups -OCH3 is 1. The number of fused-ring (bicyclic) bond motifs is 1. The van der Waals surface area contributed by atoms with Gasteiger partial charge in [0.25, 0.3) is 11.8 Å². The molecule has 0 atom stereocenters. The first-order valence-corrected chi connectivity index (χ1v) is 8.62. The van der Waals surface area contributed by atoms with Crippen LogP contribution in [0, 0.1) is 5.41 Å². The van der Waals surface area contributed by atoms with Crippen LogP contribution in [-0.2, 0) is 16.1 Å². The number of rotatable bonds is 6. The molecular formula is C21H21NO5. The van der Waals surface area contributed by atoms with Crippen LogP contribution in [0.15, 0.2) is 48.5 Å². The van der Waals surface area contributed by atoms with Gasteiger partial charge in [0.2, 0.25) is 0 Å². The van der Waals surface area contributed by atoms with E-state index in [1.165, 1.54) is 12.1 Å². The van der Waals surface area contributed by atoms with E-state index in [2.05, 4.69) is 0 Å². The molecule has 27 heavy (non-hydrogen) atoms. The Morgan fingerprint density at radius 1 is 1.00 bits per heavy atom. The zero-order valence-corrected chi connectivity index (χ0v) is 15.5. The number of amides is 2. The molecule has 6 heteroatoms. The Balaban J connectivity index is 1.65. The van der Waals surface area contributed by atoms with E-state index in [9.17, 15) is 14.4 Å². The molecule has 0 radical (unpaired) electrons. The Hall–Kier alpha value is -3.15. The highest BCUT2D eigenvalue weighted by molar-refractivity contribution is 6.20. The lowest BCUT2D eigenvalue weighted by molar-refractivity contribution is -0.170. The summed E-state index contributed by atoms with van der Waals surface area (Å²) in [5, 5.41) is 0.550. The van der Waals surface area contributed by atoms with Gasteiger partial charge in [-0.3, -0.25) is 9.59 Å². The van der Waals surface area contributed by atoms with Gasteiger partial charge in [-0.2, -0.15) is 0 Å². The highest BCUT2D eigenvalue weighted by Gasteiger charge is 2.39. The molecule has 3 rings (SSSR count). The molecule has 0 N–H and O–H groups in total. The minimum absolute atomic E-state index is 0.0532. The second kappa shape index (κ2) is 7.23. The topological polar surface area (TPSA) is 72.9 Å². The van der Waals surface area contributed by atoms with Crippen molar-refractivity contribution >= 4 is 17.8 Å². The third kappa shape index (κ3) is 4.00. The fourth-order valence-electron chi connectivity index (χ4n) is 3.17. The average Bonchev–Trinajstić information content (AvgIpc) is 2.86. The molecule has 140 valence electrons. The minimum Gasteiger partial charge on any atom is -0.497 e. The largest absolute Gasteiger partial charge is 0.497 e. The Morgan fingerprint density at radius 2 is 1.63 bits per heavy atom. The first-order valence-electron chi connectivity index (χ1n) is 8.62. The predicted octanol–water partition coefficient (Wildman–Crippen LogP) is 3.41. The number of benzene rings is 2. The molecule has 0 unspecified atom stereocenters. The van der Waals surface area contributed by atoms with Gasteiger partial charge in [0.1, 0.15) is 5.75 Å². The lowest BCUT2D eigenvalue weighted by atomic mass is 9.83. The van der Waals surface area contributed by atoms with Gasteiger partial charge in [0.15, 0.2) is 0 Å². The van der Waals surface area contributed by atoms with Crippen molar-refractivity contribution in [1.29, 1.82) is 0 Å². The maximum Gasteiger partial charge on any atom is 0.333 e. The van der Waals surface area contributed by atoms with Crippen LogP contribution in [0.2, 0.25) is 0 Å². The standard InChI is InChI=1S/C21H21NO5/c1-21(2,12-14-7-6-8-15(11-14)26-3)13-18(23)27-22-19(24)16-9-4-5-10-17(16)20(22)25/h4-11H,12-13H2,1-3H3. The van der Waals surface area contributed by atoms with E-state index >= 15 is 0 Å². The quantitative estimate of drug-likeness (QED) is 0.732. The van der Waals surface area contributed by atoms with Gasteiger partial charge in [0, 0.05) is 0 Å². The van der Waals surface area contributed by atoms with Crippen LogP contribution < -0.4 is 4.74 Å². The summed E-state index contributed by atoms with van der Waals surface area (Å²) < 4.78 is 5.22. The fourth-order valence-corrected chi connectivity index (χ4v) is 3.17. The van der Waals surface area contributed by atoms with Crippen molar-refractivity contribution in [3.05, 3.63) is 65.2 Å². The van der Waals surface area contributed by atoms with Crippen LogP contribution in [0.3, 0.4) is 0 Å². The number of carbonyl (C=O) groups is 3. The Labute approximate surface area is 157 Å². The van der Waals surface area contributed by atoms with Crippen LogP contribution in [0.1, 0.15) is 46.5 Å². The van der Waals surface area contributed by atoms with Crippen molar-refractivity contribution in [3.63, 3.8) is 0 Å². The SMILES string of the molecule is COc1cccc(CC(C)(C)CC(=O)ON2C(=O)c3ccccc3C2=O)c1. The van der Waals surface area contributed by atoms with Crippen LogP contribution in [-0.4, -0.2) is 30.0 Å². The monoisotopic (exact) mass is 367 g/mol. The summed E-state index contributed by atoms with van der Waals surface area (Å²) in [4.78, 5) is 42.1. The van der Waals surface area contributed by atoms with Gasteiger partial charge in [-0.15, -0.1) is 0 Å². The third-order valence-electron chi connectivity index (χ3n) is 4.39. The van der Waals surface area contributed by atoms with Gasteiger partial charge in [0.05, 0.1) is 24.7 Å². The van der Waals surface area contributed by atoms with Crippen molar-refractivity contribution in [2.45, 2.75) is 26.7 Å².